The number of rotatable bonds is 9. The maximum Gasteiger partial charge on any atom is 0.251 e. The van der Waals surface area contributed by atoms with Gasteiger partial charge >= 0.3 is 0 Å². The van der Waals surface area contributed by atoms with Gasteiger partial charge in [-0.25, -0.2) is 0 Å². The fourth-order valence-electron chi connectivity index (χ4n) is 2.92. The minimum atomic E-state index is -0.218. The van der Waals surface area contributed by atoms with Crippen molar-refractivity contribution in [2.45, 2.75) is 32.2 Å². The van der Waals surface area contributed by atoms with Crippen LogP contribution in [0, 0.1) is 11.3 Å². The summed E-state index contributed by atoms with van der Waals surface area (Å²) in [7, 11) is 0. The minimum Gasteiger partial charge on any atom is -0.494 e. The molecule has 154 valence electrons. The zero-order valence-corrected chi connectivity index (χ0v) is 17.0. The molecule has 2 amide bonds. The van der Waals surface area contributed by atoms with Crippen LogP contribution in [0.1, 0.15) is 42.1 Å². The Hall–Kier alpha value is -3.59. The number of hydrogen-bond acceptors (Lipinski definition) is 4. The Balaban J connectivity index is 1.67. The van der Waals surface area contributed by atoms with E-state index in [0.717, 1.165) is 24.2 Å². The van der Waals surface area contributed by atoms with Gasteiger partial charge in [-0.15, -0.1) is 0 Å². The Morgan fingerprint density at radius 1 is 1.17 bits per heavy atom. The third-order valence-corrected chi connectivity index (χ3v) is 4.68. The van der Waals surface area contributed by atoms with Crippen LogP contribution in [0.3, 0.4) is 0 Å². The van der Waals surface area contributed by atoms with Crippen LogP contribution in [0.2, 0.25) is 0 Å². The Morgan fingerprint density at radius 2 is 1.87 bits per heavy atom. The van der Waals surface area contributed by atoms with Crippen LogP contribution in [-0.4, -0.2) is 31.0 Å². The van der Waals surface area contributed by atoms with E-state index in [2.05, 4.69) is 11.4 Å². The second-order valence-electron chi connectivity index (χ2n) is 7.03. The molecule has 6 heteroatoms. The third-order valence-electron chi connectivity index (χ3n) is 4.68. The van der Waals surface area contributed by atoms with E-state index in [1.54, 1.807) is 47.4 Å². The molecule has 1 aliphatic carbocycles. The summed E-state index contributed by atoms with van der Waals surface area (Å²) in [5.74, 6) is 0.447. The fourth-order valence-corrected chi connectivity index (χ4v) is 2.92. The number of hydrogen-bond donors (Lipinski definition) is 1. The van der Waals surface area contributed by atoms with Gasteiger partial charge in [0.1, 0.15) is 5.75 Å². The zero-order valence-electron chi connectivity index (χ0n) is 17.0. The molecule has 0 radical (unpaired) electrons. The van der Waals surface area contributed by atoms with E-state index in [1.165, 1.54) is 6.08 Å². The molecule has 2 aromatic carbocycles. The van der Waals surface area contributed by atoms with Gasteiger partial charge in [0.2, 0.25) is 0 Å². The molecule has 0 spiro atoms. The van der Waals surface area contributed by atoms with Crippen molar-refractivity contribution in [3.8, 4) is 11.8 Å². The second-order valence-corrected chi connectivity index (χ2v) is 7.03. The first kappa shape index (κ1) is 21.1. The number of nitrogens with zero attached hydrogens (tertiary/aromatic N) is 2. The van der Waals surface area contributed by atoms with Crippen LogP contribution in [-0.2, 0) is 4.79 Å². The highest BCUT2D eigenvalue weighted by atomic mass is 16.5. The summed E-state index contributed by atoms with van der Waals surface area (Å²) in [6.07, 6.45) is 5.51. The van der Waals surface area contributed by atoms with Crippen LogP contribution in [0.4, 0.5) is 5.69 Å². The van der Waals surface area contributed by atoms with Crippen LogP contribution in [0.5, 0.6) is 5.75 Å². The minimum absolute atomic E-state index is 0.0673. The predicted octanol–water partition coefficient (Wildman–Crippen LogP) is 3.94. The third kappa shape index (κ3) is 5.95. The number of carbonyl (C=O) groups is 2. The lowest BCUT2D eigenvalue weighted by Gasteiger charge is -2.20. The molecular formula is C24H25N3O3. The first-order valence-electron chi connectivity index (χ1n) is 10.1. The van der Waals surface area contributed by atoms with Gasteiger partial charge in [-0.1, -0.05) is 12.1 Å². The molecule has 30 heavy (non-hydrogen) atoms. The highest BCUT2D eigenvalue weighted by molar-refractivity contribution is 6.04. The van der Waals surface area contributed by atoms with Crippen molar-refractivity contribution >= 4 is 23.6 Å². The van der Waals surface area contributed by atoms with Gasteiger partial charge in [0.05, 0.1) is 19.1 Å². The number of anilines is 1. The molecule has 1 aliphatic rings. The van der Waals surface area contributed by atoms with E-state index in [4.69, 9.17) is 10.00 Å². The number of nitrogens with one attached hydrogen (secondary N) is 1. The van der Waals surface area contributed by atoms with E-state index in [0.29, 0.717) is 30.4 Å². The number of carbonyl (C=O) groups excluding carboxylic acids is 2. The Morgan fingerprint density at radius 3 is 2.47 bits per heavy atom. The highest BCUT2D eigenvalue weighted by Gasteiger charge is 2.23. The molecule has 1 fully saturated rings. The van der Waals surface area contributed by atoms with Crippen molar-refractivity contribution in [1.82, 2.24) is 5.32 Å². The summed E-state index contributed by atoms with van der Waals surface area (Å²) in [5.41, 5.74) is 2.13. The summed E-state index contributed by atoms with van der Waals surface area (Å²) < 4.78 is 5.44. The summed E-state index contributed by atoms with van der Waals surface area (Å²) in [5, 5.41) is 11.9. The van der Waals surface area contributed by atoms with Gasteiger partial charge in [0.25, 0.3) is 11.8 Å². The summed E-state index contributed by atoms with van der Waals surface area (Å²) >= 11 is 0. The average Bonchev–Trinajstić information content (AvgIpc) is 3.58. The number of amides is 2. The number of nitriles is 1. The van der Waals surface area contributed by atoms with Crippen molar-refractivity contribution in [1.29, 1.82) is 5.26 Å². The van der Waals surface area contributed by atoms with Crippen molar-refractivity contribution in [3.63, 3.8) is 0 Å². The maximum atomic E-state index is 12.8. The van der Waals surface area contributed by atoms with Crippen LogP contribution < -0.4 is 15.0 Å². The lowest BCUT2D eigenvalue weighted by atomic mass is 10.1. The zero-order chi connectivity index (χ0) is 21.3. The molecular weight excluding hydrogens is 378 g/mol. The molecule has 0 atom stereocenters. The highest BCUT2D eigenvalue weighted by Crippen LogP contribution is 2.21. The first-order chi connectivity index (χ1) is 14.6. The SMILES string of the molecule is CCOc1ccc(N(CCC#N)C(=O)/C=C/c2ccc(C(=O)NC3CC3)cc2)cc1. The summed E-state index contributed by atoms with van der Waals surface area (Å²) in [4.78, 5) is 26.4. The predicted molar refractivity (Wildman–Crippen MR) is 116 cm³/mol. The Kier molecular flexibility index (Phi) is 7.23. The monoisotopic (exact) mass is 403 g/mol. The van der Waals surface area contributed by atoms with Gasteiger partial charge in [-0.3, -0.25) is 9.59 Å². The van der Waals surface area contributed by atoms with E-state index in [9.17, 15) is 9.59 Å². The lowest BCUT2D eigenvalue weighted by molar-refractivity contribution is -0.114. The van der Waals surface area contributed by atoms with E-state index in [1.807, 2.05) is 19.1 Å². The van der Waals surface area contributed by atoms with Gasteiger partial charge in [-0.2, -0.15) is 5.26 Å². The van der Waals surface area contributed by atoms with Gasteiger partial charge in [0, 0.05) is 29.9 Å². The fraction of sp³-hybridized carbons (Fsp3) is 0.292. The molecule has 0 bridgehead atoms. The van der Waals surface area contributed by atoms with Crippen LogP contribution in [0.25, 0.3) is 6.08 Å². The van der Waals surface area contributed by atoms with E-state index < -0.39 is 0 Å². The van der Waals surface area contributed by atoms with Crippen LogP contribution >= 0.6 is 0 Å². The van der Waals surface area contributed by atoms with E-state index in [-0.39, 0.29) is 18.2 Å². The molecule has 0 aromatic heterocycles. The molecule has 1 N–H and O–H groups in total. The normalized spacial score (nSPS) is 12.9. The molecule has 6 nitrogen and oxygen atoms in total. The molecule has 0 aliphatic heterocycles. The Labute approximate surface area is 176 Å². The largest absolute Gasteiger partial charge is 0.494 e. The van der Waals surface area contributed by atoms with Gasteiger partial charge in [-0.05, 0) is 67.8 Å². The van der Waals surface area contributed by atoms with Gasteiger partial charge < -0.3 is 15.0 Å². The van der Waals surface area contributed by atoms with Crippen molar-refractivity contribution in [3.05, 3.63) is 65.7 Å². The lowest BCUT2D eigenvalue weighted by Crippen LogP contribution is -2.30. The van der Waals surface area contributed by atoms with Crippen LogP contribution in [0.15, 0.2) is 54.6 Å². The van der Waals surface area contributed by atoms with Crippen molar-refractivity contribution < 1.29 is 14.3 Å². The second kappa shape index (κ2) is 10.3. The van der Waals surface area contributed by atoms with Crippen molar-refractivity contribution in [2.24, 2.45) is 0 Å². The molecule has 0 unspecified atom stereocenters. The smallest absolute Gasteiger partial charge is 0.251 e. The first-order valence-corrected chi connectivity index (χ1v) is 10.1. The van der Waals surface area contributed by atoms with Crippen molar-refractivity contribution in [2.75, 3.05) is 18.1 Å². The van der Waals surface area contributed by atoms with E-state index >= 15 is 0 Å². The molecule has 2 aromatic rings. The topological polar surface area (TPSA) is 82.4 Å². The molecule has 3 rings (SSSR count). The molecule has 0 saturated heterocycles. The maximum absolute atomic E-state index is 12.8. The average molecular weight is 403 g/mol. The Bertz CT molecular complexity index is 939. The summed E-state index contributed by atoms with van der Waals surface area (Å²) in [6.45, 7) is 2.78. The molecule has 0 heterocycles. The molecule has 1 saturated carbocycles. The quantitative estimate of drug-likeness (QED) is 0.643. The standard InChI is InChI=1S/C24H25N3O3/c1-2-30-22-13-11-21(12-14-22)27(17-3-16-25)23(28)15-6-18-4-7-19(8-5-18)24(29)26-20-9-10-20/h4-8,11-15,20H,2-3,9-10,17H2,1H3,(H,26,29)/b15-6+. The number of ether oxygens (including phenoxy) is 1. The summed E-state index contributed by atoms with van der Waals surface area (Å²) in [6, 6.07) is 16.7. The van der Waals surface area contributed by atoms with Gasteiger partial charge in [0.15, 0.2) is 0 Å². The number of benzene rings is 2.